The Morgan fingerprint density at radius 2 is 0.871 bits per heavy atom. The van der Waals surface area contributed by atoms with Crippen molar-refractivity contribution in [3.8, 4) is 33.8 Å². The molecule has 0 heterocycles. The van der Waals surface area contributed by atoms with Gasteiger partial charge in [0.2, 0.25) is 0 Å². The molecule has 0 aliphatic heterocycles. The molecular weight excluding hydrogens is 520 g/mol. The van der Waals surface area contributed by atoms with Gasteiger partial charge < -0.3 is 14.9 Å². The minimum absolute atomic E-state index is 0. The van der Waals surface area contributed by atoms with Crippen LogP contribution in [0.3, 0.4) is 0 Å². The Morgan fingerprint density at radius 1 is 0.516 bits per heavy atom. The van der Waals surface area contributed by atoms with Crippen LogP contribution in [0.4, 0.5) is 0 Å². The summed E-state index contributed by atoms with van der Waals surface area (Å²) in [6, 6.07) is 32.5. The van der Waals surface area contributed by atoms with Crippen LogP contribution in [0.2, 0.25) is 0 Å². The second-order valence-electron chi connectivity index (χ2n) is 6.42. The van der Waals surface area contributed by atoms with Crippen molar-refractivity contribution in [3.05, 3.63) is 106 Å². The third-order valence-corrected chi connectivity index (χ3v) is 5.83. The second kappa shape index (κ2) is 12.3. The van der Waals surface area contributed by atoms with Crippen LogP contribution < -0.4 is 9.47 Å². The quantitative estimate of drug-likeness (QED) is 0.269. The first kappa shape index (κ1) is 24.7. The Labute approximate surface area is 200 Å². The standard InChI is InChI=1S/2C13H11BrO.H2O/c2*1-15-11-7-8-12(13(14)9-11)10-5-3-2-4-6-10;/h2*2-9H,1H3;1H2. The highest BCUT2D eigenvalue weighted by Gasteiger charge is 2.04. The van der Waals surface area contributed by atoms with Crippen LogP contribution in [0.1, 0.15) is 0 Å². The largest absolute Gasteiger partial charge is 0.497 e. The smallest absolute Gasteiger partial charge is 0.120 e. The molecule has 0 amide bonds. The summed E-state index contributed by atoms with van der Waals surface area (Å²) < 4.78 is 12.4. The molecule has 0 unspecified atom stereocenters. The van der Waals surface area contributed by atoms with Gasteiger partial charge in [-0.15, -0.1) is 0 Å². The van der Waals surface area contributed by atoms with Gasteiger partial charge in [-0.3, -0.25) is 0 Å². The van der Waals surface area contributed by atoms with Crippen molar-refractivity contribution < 1.29 is 14.9 Å². The molecule has 3 nitrogen and oxygen atoms in total. The lowest BCUT2D eigenvalue weighted by molar-refractivity contribution is 0.414. The Bertz CT molecular complexity index is 995. The summed E-state index contributed by atoms with van der Waals surface area (Å²) in [5.74, 6) is 1.73. The van der Waals surface area contributed by atoms with Gasteiger partial charge in [0.1, 0.15) is 11.5 Å². The van der Waals surface area contributed by atoms with Crippen molar-refractivity contribution in [2.45, 2.75) is 0 Å². The number of rotatable bonds is 4. The van der Waals surface area contributed by atoms with E-state index in [0.717, 1.165) is 20.4 Å². The molecule has 0 spiro atoms. The molecule has 0 fully saturated rings. The Balaban J connectivity index is 0.000000213. The topological polar surface area (TPSA) is 50.0 Å². The van der Waals surface area contributed by atoms with Gasteiger partial charge >= 0.3 is 0 Å². The monoisotopic (exact) mass is 542 g/mol. The lowest BCUT2D eigenvalue weighted by Gasteiger charge is -2.06. The minimum Gasteiger partial charge on any atom is -0.497 e. The molecule has 31 heavy (non-hydrogen) atoms. The van der Waals surface area contributed by atoms with E-state index in [-0.39, 0.29) is 5.48 Å². The molecule has 0 aliphatic rings. The van der Waals surface area contributed by atoms with E-state index >= 15 is 0 Å². The predicted octanol–water partition coefficient (Wildman–Crippen LogP) is 7.42. The van der Waals surface area contributed by atoms with Crippen molar-refractivity contribution in [1.82, 2.24) is 0 Å². The van der Waals surface area contributed by atoms with E-state index in [4.69, 9.17) is 9.47 Å². The van der Waals surface area contributed by atoms with E-state index in [1.54, 1.807) is 14.2 Å². The van der Waals surface area contributed by atoms with E-state index in [1.807, 2.05) is 60.7 Å². The third-order valence-electron chi connectivity index (χ3n) is 4.52. The number of halogens is 2. The van der Waals surface area contributed by atoms with Gasteiger partial charge in [-0.05, 0) is 58.7 Å². The van der Waals surface area contributed by atoms with Gasteiger partial charge in [0.25, 0.3) is 0 Å². The van der Waals surface area contributed by atoms with Crippen molar-refractivity contribution in [2.75, 3.05) is 14.2 Å². The van der Waals surface area contributed by atoms with E-state index in [9.17, 15) is 0 Å². The predicted molar refractivity (Wildman–Crippen MR) is 136 cm³/mol. The normalized spacial score (nSPS) is 9.68. The summed E-state index contributed by atoms with van der Waals surface area (Å²) in [4.78, 5) is 0. The molecule has 4 aromatic carbocycles. The third kappa shape index (κ3) is 6.69. The summed E-state index contributed by atoms with van der Waals surface area (Å²) in [6.07, 6.45) is 0. The summed E-state index contributed by atoms with van der Waals surface area (Å²) in [7, 11) is 3.34. The fourth-order valence-corrected chi connectivity index (χ4v) is 4.12. The maximum atomic E-state index is 5.16. The van der Waals surface area contributed by atoms with Gasteiger partial charge in [0.15, 0.2) is 0 Å². The average Bonchev–Trinajstić information content (AvgIpc) is 2.80. The molecule has 4 rings (SSSR count). The van der Waals surface area contributed by atoms with E-state index in [0.29, 0.717) is 0 Å². The highest BCUT2D eigenvalue weighted by molar-refractivity contribution is 9.11. The molecule has 0 atom stereocenters. The molecule has 2 N–H and O–H groups in total. The first-order valence-corrected chi connectivity index (χ1v) is 11.0. The Hall–Kier alpha value is -2.60. The molecule has 0 aromatic heterocycles. The maximum absolute atomic E-state index is 5.16. The van der Waals surface area contributed by atoms with Crippen molar-refractivity contribution in [3.63, 3.8) is 0 Å². The van der Waals surface area contributed by atoms with Crippen LogP contribution in [0.25, 0.3) is 22.3 Å². The van der Waals surface area contributed by atoms with Gasteiger partial charge in [-0.2, -0.15) is 0 Å². The molecule has 0 radical (unpaired) electrons. The van der Waals surface area contributed by atoms with Crippen LogP contribution in [-0.4, -0.2) is 19.7 Å². The van der Waals surface area contributed by atoms with Crippen molar-refractivity contribution in [2.24, 2.45) is 0 Å². The molecule has 0 bridgehead atoms. The first-order chi connectivity index (χ1) is 14.6. The van der Waals surface area contributed by atoms with Crippen LogP contribution in [-0.2, 0) is 0 Å². The lowest BCUT2D eigenvalue weighted by atomic mass is 10.1. The summed E-state index contributed by atoms with van der Waals surface area (Å²) in [5, 5.41) is 0. The number of hydrogen-bond acceptors (Lipinski definition) is 2. The molecular formula is C26H24Br2O3. The van der Waals surface area contributed by atoms with Crippen LogP contribution in [0, 0.1) is 0 Å². The highest BCUT2D eigenvalue weighted by Crippen LogP contribution is 2.32. The van der Waals surface area contributed by atoms with Gasteiger partial charge in [-0.25, -0.2) is 0 Å². The SMILES string of the molecule is COc1ccc(-c2ccccc2)c(Br)c1.COc1ccc(-c2ccccc2)c(Br)c1.O. The average molecular weight is 544 g/mol. The fourth-order valence-electron chi connectivity index (χ4n) is 2.95. The summed E-state index contributed by atoms with van der Waals surface area (Å²) in [6.45, 7) is 0. The zero-order valence-corrected chi connectivity index (χ0v) is 20.5. The summed E-state index contributed by atoms with van der Waals surface area (Å²) >= 11 is 7.09. The number of hydrogen-bond donors (Lipinski definition) is 0. The molecule has 160 valence electrons. The molecule has 0 saturated heterocycles. The number of benzene rings is 4. The summed E-state index contributed by atoms with van der Waals surface area (Å²) in [5.41, 5.74) is 4.76. The number of ether oxygens (including phenoxy) is 2. The van der Waals surface area contributed by atoms with Gasteiger partial charge in [0, 0.05) is 8.95 Å². The zero-order chi connectivity index (χ0) is 21.3. The fraction of sp³-hybridized carbons (Fsp3) is 0.0769. The van der Waals surface area contributed by atoms with Crippen LogP contribution >= 0.6 is 31.9 Å². The second-order valence-corrected chi connectivity index (χ2v) is 8.13. The van der Waals surface area contributed by atoms with Gasteiger partial charge in [0.05, 0.1) is 14.2 Å². The van der Waals surface area contributed by atoms with Crippen molar-refractivity contribution in [1.29, 1.82) is 0 Å². The van der Waals surface area contributed by atoms with E-state index < -0.39 is 0 Å². The van der Waals surface area contributed by atoms with E-state index in [1.165, 1.54) is 22.3 Å². The highest BCUT2D eigenvalue weighted by atomic mass is 79.9. The minimum atomic E-state index is 0. The van der Waals surface area contributed by atoms with Crippen LogP contribution in [0.15, 0.2) is 106 Å². The zero-order valence-electron chi connectivity index (χ0n) is 17.3. The first-order valence-electron chi connectivity index (χ1n) is 9.40. The Morgan fingerprint density at radius 3 is 1.16 bits per heavy atom. The molecule has 5 heteroatoms. The van der Waals surface area contributed by atoms with Gasteiger partial charge in [-0.1, -0.05) is 92.5 Å². The van der Waals surface area contributed by atoms with E-state index in [2.05, 4.69) is 68.3 Å². The maximum Gasteiger partial charge on any atom is 0.120 e. The lowest BCUT2D eigenvalue weighted by Crippen LogP contribution is -1.84. The van der Waals surface area contributed by atoms with Crippen molar-refractivity contribution >= 4 is 31.9 Å². The number of methoxy groups -OCH3 is 2. The van der Waals surface area contributed by atoms with Crippen LogP contribution in [0.5, 0.6) is 11.5 Å². The molecule has 0 saturated carbocycles. The molecule has 4 aromatic rings. The molecule has 0 aliphatic carbocycles. The Kier molecular flexibility index (Phi) is 9.79.